The number of aliphatic hydroxyl groups excluding tert-OH is 1. The van der Waals surface area contributed by atoms with Gasteiger partial charge in [-0.1, -0.05) is 0 Å². The van der Waals surface area contributed by atoms with Crippen molar-refractivity contribution in [2.45, 2.75) is 0 Å². The van der Waals surface area contributed by atoms with Crippen molar-refractivity contribution in [1.82, 2.24) is 9.97 Å². The molecule has 0 aliphatic heterocycles. The summed E-state index contributed by atoms with van der Waals surface area (Å²) in [6.45, 7) is 0.456. The SMILES string of the molecule is OCCNc1cc(Nc2ccc(F)cc2)ncn1. The molecule has 0 unspecified atom stereocenters. The van der Waals surface area contributed by atoms with Crippen molar-refractivity contribution >= 4 is 17.3 Å². The predicted octanol–water partition coefficient (Wildman–Crippen LogP) is 1.76. The van der Waals surface area contributed by atoms with E-state index in [9.17, 15) is 4.39 Å². The molecule has 5 nitrogen and oxygen atoms in total. The van der Waals surface area contributed by atoms with E-state index in [0.717, 1.165) is 5.69 Å². The Balaban J connectivity index is 2.06. The molecule has 0 bridgehead atoms. The third-order valence-corrected chi connectivity index (χ3v) is 2.20. The summed E-state index contributed by atoms with van der Waals surface area (Å²) in [5.41, 5.74) is 0.739. The molecule has 2 aromatic rings. The molecule has 1 heterocycles. The van der Waals surface area contributed by atoms with Crippen LogP contribution in [0.15, 0.2) is 36.7 Å². The number of aromatic nitrogens is 2. The molecule has 0 saturated heterocycles. The summed E-state index contributed by atoms with van der Waals surface area (Å²) in [6.07, 6.45) is 1.41. The quantitative estimate of drug-likeness (QED) is 0.752. The van der Waals surface area contributed by atoms with Gasteiger partial charge in [0.05, 0.1) is 6.61 Å². The standard InChI is InChI=1S/C12H13FN4O/c13-9-1-3-10(4-2-9)17-12-7-11(14-5-6-18)15-8-16-12/h1-4,7-8,18H,5-6H2,(H2,14,15,16,17). The largest absolute Gasteiger partial charge is 0.395 e. The van der Waals surface area contributed by atoms with E-state index < -0.39 is 0 Å². The fourth-order valence-corrected chi connectivity index (χ4v) is 1.39. The Morgan fingerprint density at radius 1 is 1.11 bits per heavy atom. The molecule has 0 spiro atoms. The van der Waals surface area contributed by atoms with Crippen LogP contribution in [0, 0.1) is 5.82 Å². The Labute approximate surface area is 104 Å². The fourth-order valence-electron chi connectivity index (χ4n) is 1.39. The third-order valence-electron chi connectivity index (χ3n) is 2.20. The second kappa shape index (κ2) is 5.92. The van der Waals surface area contributed by atoms with Crippen molar-refractivity contribution in [2.24, 2.45) is 0 Å². The van der Waals surface area contributed by atoms with Crippen LogP contribution in [-0.2, 0) is 0 Å². The van der Waals surface area contributed by atoms with Gasteiger partial charge in [-0.05, 0) is 24.3 Å². The van der Waals surface area contributed by atoms with E-state index in [-0.39, 0.29) is 12.4 Å². The van der Waals surface area contributed by atoms with Gasteiger partial charge in [-0.2, -0.15) is 0 Å². The van der Waals surface area contributed by atoms with Crippen molar-refractivity contribution in [3.8, 4) is 0 Å². The molecule has 18 heavy (non-hydrogen) atoms. The van der Waals surface area contributed by atoms with E-state index in [2.05, 4.69) is 20.6 Å². The Bertz CT molecular complexity index is 504. The minimum Gasteiger partial charge on any atom is -0.395 e. The minimum absolute atomic E-state index is 0.0325. The van der Waals surface area contributed by atoms with Crippen molar-refractivity contribution < 1.29 is 9.50 Å². The summed E-state index contributed by atoms with van der Waals surface area (Å²) in [5, 5.41) is 14.7. The number of halogens is 1. The lowest BCUT2D eigenvalue weighted by Gasteiger charge is -2.07. The maximum atomic E-state index is 12.7. The molecule has 0 fully saturated rings. The highest BCUT2D eigenvalue weighted by molar-refractivity contribution is 5.58. The lowest BCUT2D eigenvalue weighted by molar-refractivity contribution is 0.311. The molecule has 0 radical (unpaired) electrons. The molecule has 0 aliphatic carbocycles. The second-order valence-electron chi connectivity index (χ2n) is 3.57. The van der Waals surface area contributed by atoms with Gasteiger partial charge in [0.15, 0.2) is 0 Å². The second-order valence-corrected chi connectivity index (χ2v) is 3.57. The number of anilines is 3. The molecule has 94 valence electrons. The number of aliphatic hydroxyl groups is 1. The predicted molar refractivity (Wildman–Crippen MR) is 67.3 cm³/mol. The highest BCUT2D eigenvalue weighted by Gasteiger charge is 1.99. The number of nitrogens with one attached hydrogen (secondary N) is 2. The van der Waals surface area contributed by atoms with Crippen LogP contribution in [0.5, 0.6) is 0 Å². The fraction of sp³-hybridized carbons (Fsp3) is 0.167. The average molecular weight is 248 g/mol. The van der Waals surface area contributed by atoms with Crippen molar-refractivity contribution in [3.05, 3.63) is 42.5 Å². The van der Waals surface area contributed by atoms with E-state index in [1.54, 1.807) is 18.2 Å². The third kappa shape index (κ3) is 3.39. The van der Waals surface area contributed by atoms with Crippen molar-refractivity contribution in [2.75, 3.05) is 23.8 Å². The molecular formula is C12H13FN4O. The first kappa shape index (κ1) is 12.3. The van der Waals surface area contributed by atoms with Crippen LogP contribution < -0.4 is 10.6 Å². The van der Waals surface area contributed by atoms with E-state index in [1.165, 1.54) is 18.5 Å². The molecule has 1 aromatic carbocycles. The highest BCUT2D eigenvalue weighted by atomic mass is 19.1. The zero-order valence-electron chi connectivity index (χ0n) is 9.60. The molecule has 6 heteroatoms. The molecule has 0 aliphatic rings. The van der Waals surface area contributed by atoms with Gasteiger partial charge >= 0.3 is 0 Å². The summed E-state index contributed by atoms with van der Waals surface area (Å²) in [5.74, 6) is 0.925. The first-order valence-corrected chi connectivity index (χ1v) is 5.47. The van der Waals surface area contributed by atoms with Crippen molar-refractivity contribution in [3.63, 3.8) is 0 Å². The zero-order chi connectivity index (χ0) is 12.8. The molecule has 0 atom stereocenters. The van der Waals surface area contributed by atoms with Gasteiger partial charge in [0.25, 0.3) is 0 Å². The number of rotatable bonds is 5. The first-order chi connectivity index (χ1) is 8.78. The number of nitrogens with zero attached hydrogens (tertiary/aromatic N) is 2. The van der Waals surface area contributed by atoms with E-state index >= 15 is 0 Å². The minimum atomic E-state index is -0.284. The maximum Gasteiger partial charge on any atom is 0.135 e. The van der Waals surface area contributed by atoms with Crippen LogP contribution in [0.1, 0.15) is 0 Å². The smallest absolute Gasteiger partial charge is 0.135 e. The number of hydrogen-bond acceptors (Lipinski definition) is 5. The Kier molecular flexibility index (Phi) is 4.03. The van der Waals surface area contributed by atoms with Gasteiger partial charge < -0.3 is 15.7 Å². The lowest BCUT2D eigenvalue weighted by atomic mass is 10.3. The van der Waals surface area contributed by atoms with Gasteiger partial charge in [-0.15, -0.1) is 0 Å². The van der Waals surface area contributed by atoms with Crippen molar-refractivity contribution in [1.29, 1.82) is 0 Å². The van der Waals surface area contributed by atoms with Gasteiger partial charge in [-0.3, -0.25) is 0 Å². The topological polar surface area (TPSA) is 70.1 Å². The van der Waals surface area contributed by atoms with Crippen LogP contribution >= 0.6 is 0 Å². The average Bonchev–Trinajstić information content (AvgIpc) is 2.40. The van der Waals surface area contributed by atoms with Crippen LogP contribution in [0.25, 0.3) is 0 Å². The number of benzene rings is 1. The van der Waals surface area contributed by atoms with Gasteiger partial charge in [0.1, 0.15) is 23.8 Å². The molecule has 0 saturated carbocycles. The summed E-state index contributed by atoms with van der Waals surface area (Å²) < 4.78 is 12.7. The van der Waals surface area contributed by atoms with Crippen LogP contribution in [0.2, 0.25) is 0 Å². The molecule has 2 rings (SSSR count). The first-order valence-electron chi connectivity index (χ1n) is 5.47. The lowest BCUT2D eigenvalue weighted by Crippen LogP contribution is -2.07. The monoisotopic (exact) mass is 248 g/mol. The van der Waals surface area contributed by atoms with Gasteiger partial charge in [0.2, 0.25) is 0 Å². The normalized spacial score (nSPS) is 10.1. The highest BCUT2D eigenvalue weighted by Crippen LogP contribution is 2.16. The molecule has 3 N–H and O–H groups in total. The Hall–Kier alpha value is -2.21. The zero-order valence-corrected chi connectivity index (χ0v) is 9.60. The van der Waals surface area contributed by atoms with E-state index in [0.29, 0.717) is 18.2 Å². The molecular weight excluding hydrogens is 235 g/mol. The summed E-state index contributed by atoms with van der Waals surface area (Å²) in [7, 11) is 0. The number of hydrogen-bond donors (Lipinski definition) is 3. The van der Waals surface area contributed by atoms with Crippen LogP contribution in [0.4, 0.5) is 21.7 Å². The van der Waals surface area contributed by atoms with Gasteiger partial charge in [0, 0.05) is 18.3 Å². The summed E-state index contributed by atoms with van der Waals surface area (Å²) in [4.78, 5) is 8.05. The summed E-state index contributed by atoms with van der Waals surface area (Å²) in [6, 6.07) is 7.69. The van der Waals surface area contributed by atoms with E-state index in [1.807, 2.05) is 0 Å². The summed E-state index contributed by atoms with van der Waals surface area (Å²) >= 11 is 0. The van der Waals surface area contributed by atoms with Crippen LogP contribution in [-0.4, -0.2) is 28.2 Å². The van der Waals surface area contributed by atoms with Gasteiger partial charge in [-0.25, -0.2) is 14.4 Å². The Morgan fingerprint density at radius 2 is 1.83 bits per heavy atom. The molecule has 1 aromatic heterocycles. The van der Waals surface area contributed by atoms with E-state index in [4.69, 9.17) is 5.11 Å². The molecule has 0 amide bonds. The van der Waals surface area contributed by atoms with Crippen LogP contribution in [0.3, 0.4) is 0 Å². The Morgan fingerprint density at radius 3 is 2.56 bits per heavy atom. The maximum absolute atomic E-state index is 12.7.